The molecule has 0 saturated carbocycles. The van der Waals surface area contributed by atoms with Crippen LogP contribution in [0.2, 0.25) is 0 Å². The molecule has 2 heterocycles. The third-order valence-corrected chi connectivity index (χ3v) is 3.27. The second kappa shape index (κ2) is 8.59. The van der Waals surface area contributed by atoms with Crippen LogP contribution in [-0.4, -0.2) is 41.7 Å². The van der Waals surface area contributed by atoms with Gasteiger partial charge in [0.1, 0.15) is 11.4 Å². The fourth-order valence-electron chi connectivity index (χ4n) is 2.25. The van der Waals surface area contributed by atoms with Crippen molar-refractivity contribution >= 4 is 18.1 Å². The van der Waals surface area contributed by atoms with E-state index in [-0.39, 0.29) is 34.1 Å². The van der Waals surface area contributed by atoms with Gasteiger partial charge in [-0.25, -0.2) is 9.78 Å². The quantitative estimate of drug-likeness (QED) is 0.740. The number of alkyl halides is 2. The van der Waals surface area contributed by atoms with Gasteiger partial charge in [-0.15, -0.1) is 0 Å². The third kappa shape index (κ3) is 5.35. The van der Waals surface area contributed by atoms with E-state index in [4.69, 9.17) is 9.47 Å². The number of aromatic nitrogens is 2. The maximum absolute atomic E-state index is 12.4. The Kier molecular flexibility index (Phi) is 6.45. The van der Waals surface area contributed by atoms with Crippen LogP contribution in [0.1, 0.15) is 31.1 Å². The fraction of sp³-hybridized carbons (Fsp3) is 0.333. The first-order valence-electron chi connectivity index (χ1n) is 8.08. The lowest BCUT2D eigenvalue weighted by atomic mass is 10.1. The van der Waals surface area contributed by atoms with Crippen molar-refractivity contribution in [3.8, 4) is 22.9 Å². The Hall–Kier alpha value is -3.30. The first kappa shape index (κ1) is 21.0. The first-order valence-corrected chi connectivity index (χ1v) is 8.08. The monoisotopic (exact) mass is 395 g/mol. The number of hydrogen-bond donors (Lipinski definition) is 1. The number of hydrogen-bond acceptors (Lipinski definition) is 7. The van der Waals surface area contributed by atoms with Crippen LogP contribution < -0.4 is 14.8 Å². The van der Waals surface area contributed by atoms with Gasteiger partial charge in [0, 0.05) is 18.5 Å². The fourth-order valence-corrected chi connectivity index (χ4v) is 2.25. The number of amides is 1. The van der Waals surface area contributed by atoms with E-state index in [1.165, 1.54) is 25.6 Å². The van der Waals surface area contributed by atoms with E-state index in [0.29, 0.717) is 6.29 Å². The Morgan fingerprint density at radius 2 is 2.00 bits per heavy atom. The highest BCUT2D eigenvalue weighted by atomic mass is 19.3. The second-order valence-corrected chi connectivity index (χ2v) is 6.47. The molecular formula is C18H19F2N3O5. The molecule has 0 spiro atoms. The molecule has 0 radical (unpaired) electrons. The topological polar surface area (TPSA) is 99.6 Å². The van der Waals surface area contributed by atoms with Crippen LogP contribution >= 0.6 is 0 Å². The summed E-state index contributed by atoms with van der Waals surface area (Å²) in [5.74, 6) is -0.248. The highest BCUT2D eigenvalue weighted by molar-refractivity contribution is 5.98. The van der Waals surface area contributed by atoms with Gasteiger partial charge in [0.05, 0.1) is 29.6 Å². The van der Waals surface area contributed by atoms with Crippen molar-refractivity contribution in [3.05, 3.63) is 30.1 Å². The van der Waals surface area contributed by atoms with Crippen molar-refractivity contribution in [1.29, 1.82) is 0 Å². The van der Waals surface area contributed by atoms with Gasteiger partial charge in [-0.2, -0.15) is 8.78 Å². The average molecular weight is 395 g/mol. The normalized spacial score (nSPS) is 11.1. The summed E-state index contributed by atoms with van der Waals surface area (Å²) in [5.41, 5.74) is -0.148. The zero-order valence-electron chi connectivity index (χ0n) is 15.7. The van der Waals surface area contributed by atoms with Gasteiger partial charge >= 0.3 is 12.7 Å². The molecule has 0 fully saturated rings. The number of halogens is 2. The maximum atomic E-state index is 12.4. The van der Waals surface area contributed by atoms with Crippen LogP contribution in [0.4, 0.5) is 19.3 Å². The SMILES string of the molecule is COc1cc(OC(F)F)ncc1-c1nccc(NC(=O)OC(C)(C)C)c1C=O. The minimum absolute atomic E-state index is 0.0380. The minimum atomic E-state index is -3.05. The average Bonchev–Trinajstić information content (AvgIpc) is 2.59. The van der Waals surface area contributed by atoms with Crippen LogP contribution in [0.5, 0.6) is 11.6 Å². The number of methoxy groups -OCH3 is 1. The number of anilines is 1. The van der Waals surface area contributed by atoms with E-state index in [1.807, 2.05) is 0 Å². The molecular weight excluding hydrogens is 376 g/mol. The molecule has 1 N–H and O–H groups in total. The van der Waals surface area contributed by atoms with Crippen LogP contribution in [-0.2, 0) is 4.74 Å². The summed E-state index contributed by atoms with van der Waals surface area (Å²) >= 11 is 0. The van der Waals surface area contributed by atoms with E-state index in [2.05, 4.69) is 20.0 Å². The van der Waals surface area contributed by atoms with Crippen molar-refractivity contribution in [3.63, 3.8) is 0 Å². The Bertz CT molecular complexity index is 869. The smallest absolute Gasteiger partial charge is 0.412 e. The van der Waals surface area contributed by atoms with Crippen molar-refractivity contribution in [2.45, 2.75) is 33.0 Å². The Labute approximate surface area is 159 Å². The maximum Gasteiger partial charge on any atom is 0.412 e. The molecule has 0 saturated heterocycles. The van der Waals surface area contributed by atoms with E-state index < -0.39 is 18.3 Å². The molecule has 8 nitrogen and oxygen atoms in total. The molecule has 0 aliphatic rings. The third-order valence-electron chi connectivity index (χ3n) is 3.27. The predicted molar refractivity (Wildman–Crippen MR) is 95.9 cm³/mol. The number of carbonyl (C=O) groups excluding carboxylic acids is 2. The molecule has 2 aromatic heterocycles. The molecule has 1 amide bonds. The van der Waals surface area contributed by atoms with Crippen molar-refractivity contribution in [2.75, 3.05) is 12.4 Å². The number of rotatable bonds is 6. The van der Waals surface area contributed by atoms with Gasteiger partial charge in [0.25, 0.3) is 0 Å². The van der Waals surface area contributed by atoms with Crippen molar-refractivity contribution in [1.82, 2.24) is 9.97 Å². The van der Waals surface area contributed by atoms with Crippen molar-refractivity contribution < 1.29 is 32.6 Å². The van der Waals surface area contributed by atoms with Gasteiger partial charge in [-0.05, 0) is 26.8 Å². The zero-order valence-corrected chi connectivity index (χ0v) is 15.7. The minimum Gasteiger partial charge on any atom is -0.496 e. The van der Waals surface area contributed by atoms with Gasteiger partial charge in [0.2, 0.25) is 5.88 Å². The Morgan fingerprint density at radius 3 is 2.57 bits per heavy atom. The number of nitrogens with zero attached hydrogens (tertiary/aromatic N) is 2. The van der Waals surface area contributed by atoms with Crippen LogP contribution in [0, 0.1) is 0 Å². The Balaban J connectivity index is 2.44. The van der Waals surface area contributed by atoms with Crippen LogP contribution in [0.25, 0.3) is 11.3 Å². The molecule has 0 aliphatic heterocycles. The van der Waals surface area contributed by atoms with E-state index in [9.17, 15) is 18.4 Å². The van der Waals surface area contributed by atoms with E-state index >= 15 is 0 Å². The molecule has 28 heavy (non-hydrogen) atoms. The highest BCUT2D eigenvalue weighted by Gasteiger charge is 2.21. The lowest BCUT2D eigenvalue weighted by molar-refractivity contribution is -0.0529. The summed E-state index contributed by atoms with van der Waals surface area (Å²) in [6, 6.07) is 2.57. The molecule has 0 aromatic carbocycles. The molecule has 0 unspecified atom stereocenters. The molecule has 0 aliphatic carbocycles. The highest BCUT2D eigenvalue weighted by Crippen LogP contribution is 2.34. The summed E-state index contributed by atoms with van der Waals surface area (Å²) in [5, 5.41) is 2.49. The number of nitrogens with one attached hydrogen (secondary N) is 1. The lowest BCUT2D eigenvalue weighted by Crippen LogP contribution is -2.27. The van der Waals surface area contributed by atoms with E-state index in [1.54, 1.807) is 20.8 Å². The largest absolute Gasteiger partial charge is 0.496 e. The first-order chi connectivity index (χ1) is 13.1. The van der Waals surface area contributed by atoms with E-state index in [0.717, 1.165) is 6.07 Å². The summed E-state index contributed by atoms with van der Waals surface area (Å²) in [6.07, 6.45) is 2.29. The van der Waals surface area contributed by atoms with Gasteiger partial charge in [-0.1, -0.05) is 0 Å². The predicted octanol–water partition coefficient (Wildman–Crippen LogP) is 3.91. The van der Waals surface area contributed by atoms with Gasteiger partial charge in [0.15, 0.2) is 6.29 Å². The van der Waals surface area contributed by atoms with Crippen LogP contribution in [0.3, 0.4) is 0 Å². The standard InChI is InChI=1S/C18H19F2N3O5/c1-18(2,3)28-17(25)23-12-5-6-21-15(11(12)9-24)10-8-22-14(27-16(19)20)7-13(10)26-4/h5-9,16H,1-4H3,(H,21,23,25). The summed E-state index contributed by atoms with van der Waals surface area (Å²) in [6.45, 7) is 2.05. The van der Waals surface area contributed by atoms with Crippen molar-refractivity contribution in [2.24, 2.45) is 0 Å². The molecule has 0 bridgehead atoms. The Morgan fingerprint density at radius 1 is 1.29 bits per heavy atom. The lowest BCUT2D eigenvalue weighted by Gasteiger charge is -2.20. The molecule has 2 rings (SSSR count). The molecule has 2 aromatic rings. The molecule has 10 heteroatoms. The molecule has 0 atom stereocenters. The summed E-state index contributed by atoms with van der Waals surface area (Å²) in [4.78, 5) is 31.6. The van der Waals surface area contributed by atoms with Gasteiger partial charge < -0.3 is 14.2 Å². The number of aldehydes is 1. The summed E-state index contributed by atoms with van der Waals surface area (Å²) in [7, 11) is 1.31. The van der Waals surface area contributed by atoms with Gasteiger partial charge in [-0.3, -0.25) is 15.1 Å². The number of ether oxygens (including phenoxy) is 3. The van der Waals surface area contributed by atoms with Crippen LogP contribution in [0.15, 0.2) is 24.5 Å². The molecule has 150 valence electrons. The number of pyridine rings is 2. The second-order valence-electron chi connectivity index (χ2n) is 6.47. The number of carbonyl (C=O) groups is 2. The zero-order chi connectivity index (χ0) is 20.9. The summed E-state index contributed by atoms with van der Waals surface area (Å²) < 4.78 is 39.3.